The molecule has 0 saturated heterocycles. The van der Waals surface area contributed by atoms with Crippen molar-refractivity contribution in [2.24, 2.45) is 0 Å². The number of nitrogens with one attached hydrogen (secondary N) is 2. The molecular weight excluding hydrogens is 316 g/mol. The molecule has 2 aromatic rings. The van der Waals surface area contributed by atoms with Gasteiger partial charge in [-0.15, -0.1) is 11.6 Å². The first-order chi connectivity index (χ1) is 11.1. The summed E-state index contributed by atoms with van der Waals surface area (Å²) >= 11 is 5.53. The van der Waals surface area contributed by atoms with Crippen LogP contribution in [0.4, 0.5) is 11.4 Å². The smallest absolute Gasteiger partial charge is 0.255 e. The molecule has 1 atom stereocenters. The zero-order chi connectivity index (χ0) is 16.7. The molecule has 1 amide bonds. The van der Waals surface area contributed by atoms with Crippen molar-refractivity contribution in [2.75, 3.05) is 30.2 Å². The predicted molar refractivity (Wildman–Crippen MR) is 92.6 cm³/mol. The van der Waals surface area contributed by atoms with E-state index < -0.39 is 6.10 Å². The standard InChI is InChI=1S/C17H19ClN2O3/c1-23-16-4-2-3-14(9-16)20-17(22)12-5-7-13(8-6-12)19-11-15(21)10-18/h2-9,15,19,21H,10-11H2,1H3,(H,20,22). The molecule has 2 aromatic carbocycles. The van der Waals surface area contributed by atoms with Crippen molar-refractivity contribution in [3.05, 3.63) is 54.1 Å². The molecule has 122 valence electrons. The van der Waals surface area contributed by atoms with Gasteiger partial charge in [-0.1, -0.05) is 6.07 Å². The summed E-state index contributed by atoms with van der Waals surface area (Å²) in [6, 6.07) is 14.2. The molecule has 5 nitrogen and oxygen atoms in total. The Morgan fingerprint density at radius 2 is 1.96 bits per heavy atom. The van der Waals surface area contributed by atoms with Crippen LogP contribution in [0.3, 0.4) is 0 Å². The topological polar surface area (TPSA) is 70.6 Å². The van der Waals surface area contributed by atoms with Gasteiger partial charge in [-0.2, -0.15) is 0 Å². The molecule has 0 radical (unpaired) electrons. The van der Waals surface area contributed by atoms with Crippen LogP contribution in [0.5, 0.6) is 5.75 Å². The number of alkyl halides is 1. The van der Waals surface area contributed by atoms with Gasteiger partial charge < -0.3 is 20.5 Å². The van der Waals surface area contributed by atoms with Gasteiger partial charge in [0.25, 0.3) is 5.91 Å². The molecule has 0 aliphatic carbocycles. The second-order valence-corrected chi connectivity index (χ2v) is 5.26. The van der Waals surface area contributed by atoms with Crippen LogP contribution in [-0.4, -0.2) is 36.7 Å². The second kappa shape index (κ2) is 8.41. The van der Waals surface area contributed by atoms with E-state index in [2.05, 4.69) is 10.6 Å². The zero-order valence-electron chi connectivity index (χ0n) is 12.8. The summed E-state index contributed by atoms with van der Waals surface area (Å²) in [5.41, 5.74) is 2.02. The molecule has 0 bridgehead atoms. The number of ether oxygens (including phenoxy) is 1. The Morgan fingerprint density at radius 1 is 1.22 bits per heavy atom. The monoisotopic (exact) mass is 334 g/mol. The molecule has 3 N–H and O–H groups in total. The molecule has 6 heteroatoms. The molecule has 2 rings (SSSR count). The number of amides is 1. The van der Waals surface area contributed by atoms with Crippen molar-refractivity contribution in [1.29, 1.82) is 0 Å². The van der Waals surface area contributed by atoms with Crippen LogP contribution in [0.1, 0.15) is 10.4 Å². The van der Waals surface area contributed by atoms with E-state index in [1.165, 1.54) is 0 Å². The molecule has 0 heterocycles. The average molecular weight is 335 g/mol. The Morgan fingerprint density at radius 3 is 2.61 bits per heavy atom. The van der Waals surface area contributed by atoms with Gasteiger partial charge in [0, 0.05) is 29.5 Å². The summed E-state index contributed by atoms with van der Waals surface area (Å²) in [6.07, 6.45) is -0.604. The summed E-state index contributed by atoms with van der Waals surface area (Å²) in [7, 11) is 1.58. The predicted octanol–water partition coefficient (Wildman–Crippen LogP) is 2.96. The lowest BCUT2D eigenvalue weighted by Gasteiger charge is -2.11. The zero-order valence-corrected chi connectivity index (χ0v) is 13.5. The SMILES string of the molecule is COc1cccc(NC(=O)c2ccc(NCC(O)CCl)cc2)c1. The second-order valence-electron chi connectivity index (χ2n) is 4.95. The third kappa shape index (κ3) is 5.16. The fourth-order valence-electron chi connectivity index (χ4n) is 1.93. The van der Waals surface area contributed by atoms with E-state index >= 15 is 0 Å². The van der Waals surface area contributed by atoms with Gasteiger partial charge in [0.2, 0.25) is 0 Å². The number of rotatable bonds is 7. The number of carbonyl (C=O) groups is 1. The van der Waals surface area contributed by atoms with Gasteiger partial charge in [0.1, 0.15) is 5.75 Å². The van der Waals surface area contributed by atoms with Crippen LogP contribution >= 0.6 is 11.6 Å². The lowest BCUT2D eigenvalue weighted by Crippen LogP contribution is -2.20. The number of aliphatic hydroxyl groups excluding tert-OH is 1. The fourth-order valence-corrected chi connectivity index (χ4v) is 2.04. The Hall–Kier alpha value is -2.24. The fraction of sp³-hybridized carbons (Fsp3) is 0.235. The van der Waals surface area contributed by atoms with E-state index in [9.17, 15) is 9.90 Å². The number of halogens is 1. The normalized spacial score (nSPS) is 11.6. The van der Waals surface area contributed by atoms with Crippen LogP contribution < -0.4 is 15.4 Å². The molecule has 0 aromatic heterocycles. The highest BCUT2D eigenvalue weighted by Gasteiger charge is 2.07. The Kier molecular flexibility index (Phi) is 6.26. The van der Waals surface area contributed by atoms with Gasteiger partial charge in [0.05, 0.1) is 19.1 Å². The minimum Gasteiger partial charge on any atom is -0.497 e. The van der Waals surface area contributed by atoms with E-state index in [0.717, 1.165) is 5.69 Å². The van der Waals surface area contributed by atoms with E-state index in [0.29, 0.717) is 23.5 Å². The van der Waals surface area contributed by atoms with Gasteiger partial charge in [0.15, 0.2) is 0 Å². The highest BCUT2D eigenvalue weighted by Crippen LogP contribution is 2.18. The van der Waals surface area contributed by atoms with Crippen molar-refractivity contribution in [1.82, 2.24) is 0 Å². The van der Waals surface area contributed by atoms with E-state index in [1.54, 1.807) is 43.5 Å². The molecule has 0 spiro atoms. The molecule has 0 saturated carbocycles. The highest BCUT2D eigenvalue weighted by atomic mass is 35.5. The van der Waals surface area contributed by atoms with Gasteiger partial charge in [-0.3, -0.25) is 4.79 Å². The first-order valence-corrected chi connectivity index (χ1v) is 7.69. The quantitative estimate of drug-likeness (QED) is 0.681. The van der Waals surface area contributed by atoms with Crippen molar-refractivity contribution < 1.29 is 14.6 Å². The maximum absolute atomic E-state index is 12.2. The molecule has 1 unspecified atom stereocenters. The number of anilines is 2. The largest absolute Gasteiger partial charge is 0.497 e. The molecule has 0 aliphatic heterocycles. The lowest BCUT2D eigenvalue weighted by molar-refractivity contribution is 0.102. The Bertz CT molecular complexity index is 647. The summed E-state index contributed by atoms with van der Waals surface area (Å²) in [6.45, 7) is 0.360. The summed E-state index contributed by atoms with van der Waals surface area (Å²) in [5.74, 6) is 0.652. The third-order valence-electron chi connectivity index (χ3n) is 3.19. The maximum Gasteiger partial charge on any atom is 0.255 e. The maximum atomic E-state index is 12.2. The minimum atomic E-state index is -0.604. The summed E-state index contributed by atoms with van der Waals surface area (Å²) in [4.78, 5) is 12.2. The third-order valence-corrected chi connectivity index (χ3v) is 3.55. The average Bonchev–Trinajstić information content (AvgIpc) is 2.60. The summed E-state index contributed by atoms with van der Waals surface area (Å²) in [5, 5.41) is 15.3. The Balaban J connectivity index is 1.97. The number of aliphatic hydroxyl groups is 1. The van der Waals surface area contributed by atoms with Gasteiger partial charge in [-0.25, -0.2) is 0 Å². The van der Waals surface area contributed by atoms with E-state index in [4.69, 9.17) is 16.3 Å². The highest BCUT2D eigenvalue weighted by molar-refractivity contribution is 6.18. The van der Waals surface area contributed by atoms with Crippen LogP contribution in [0.25, 0.3) is 0 Å². The van der Waals surface area contributed by atoms with Crippen LogP contribution in [0.15, 0.2) is 48.5 Å². The molecule has 0 fully saturated rings. The van der Waals surface area contributed by atoms with Crippen molar-refractivity contribution in [3.63, 3.8) is 0 Å². The van der Waals surface area contributed by atoms with Crippen LogP contribution in [0.2, 0.25) is 0 Å². The first kappa shape index (κ1) is 17.1. The van der Waals surface area contributed by atoms with E-state index in [-0.39, 0.29) is 11.8 Å². The minimum absolute atomic E-state index is 0.175. The van der Waals surface area contributed by atoms with Gasteiger partial charge in [-0.05, 0) is 36.4 Å². The van der Waals surface area contributed by atoms with E-state index in [1.807, 2.05) is 12.1 Å². The number of carbonyl (C=O) groups excluding carboxylic acids is 1. The summed E-state index contributed by atoms with van der Waals surface area (Å²) < 4.78 is 5.12. The molecule has 23 heavy (non-hydrogen) atoms. The number of hydrogen-bond acceptors (Lipinski definition) is 4. The Labute approximate surface area is 140 Å². The number of benzene rings is 2. The van der Waals surface area contributed by atoms with Crippen molar-refractivity contribution in [3.8, 4) is 5.75 Å². The lowest BCUT2D eigenvalue weighted by atomic mass is 10.2. The van der Waals surface area contributed by atoms with Crippen LogP contribution in [-0.2, 0) is 0 Å². The molecular formula is C17H19ClN2O3. The number of hydrogen-bond donors (Lipinski definition) is 3. The van der Waals surface area contributed by atoms with Gasteiger partial charge >= 0.3 is 0 Å². The number of methoxy groups -OCH3 is 1. The van der Waals surface area contributed by atoms with Crippen LogP contribution in [0, 0.1) is 0 Å². The first-order valence-electron chi connectivity index (χ1n) is 7.15. The van der Waals surface area contributed by atoms with Crippen molar-refractivity contribution in [2.45, 2.75) is 6.10 Å². The molecule has 0 aliphatic rings. The van der Waals surface area contributed by atoms with Crippen molar-refractivity contribution >= 4 is 28.9 Å².